The minimum atomic E-state index is 0.564. The van der Waals surface area contributed by atoms with E-state index in [1.54, 1.807) is 12.1 Å². The molecule has 4 heterocycles. The number of benzene rings is 6. The molecule has 0 aliphatic heterocycles. The molecule has 0 amide bonds. The number of allylic oxidation sites excluding steroid dienone is 2. The van der Waals surface area contributed by atoms with Crippen LogP contribution in [0.2, 0.25) is 0 Å². The first-order valence-electron chi connectivity index (χ1n) is 20.1. The van der Waals surface area contributed by atoms with Crippen LogP contribution in [-0.4, -0.2) is 24.1 Å². The van der Waals surface area contributed by atoms with E-state index in [-0.39, 0.29) is 0 Å². The van der Waals surface area contributed by atoms with Gasteiger partial charge in [-0.1, -0.05) is 85.0 Å². The number of nitrogens with zero attached hydrogens (tertiary/aromatic N) is 6. The average Bonchev–Trinajstić information content (AvgIpc) is 3.98. The Kier molecular flexibility index (Phi) is 7.62. The lowest BCUT2D eigenvalue weighted by atomic mass is 9.95. The molecule has 0 saturated carbocycles. The predicted octanol–water partition coefficient (Wildman–Crippen LogP) is 12.9. The topological polar surface area (TPSA) is 72.3 Å². The number of thiophene rings is 1. The highest BCUT2D eigenvalue weighted by atomic mass is 32.1. The Bertz CT molecular complexity index is 3420. The van der Waals surface area contributed by atoms with Gasteiger partial charge in [-0.15, -0.1) is 11.3 Å². The minimum Gasteiger partial charge on any atom is -0.309 e. The van der Waals surface area contributed by atoms with E-state index in [9.17, 15) is 5.26 Å². The number of nitriles is 1. The molecule has 0 radical (unpaired) electrons. The van der Waals surface area contributed by atoms with E-state index in [0.717, 1.165) is 48.1 Å². The maximum absolute atomic E-state index is 9.43. The Morgan fingerprint density at radius 2 is 1.15 bits per heavy atom. The maximum atomic E-state index is 9.43. The van der Waals surface area contributed by atoms with Crippen molar-refractivity contribution in [2.24, 2.45) is 0 Å². The molecule has 4 aromatic heterocycles. The lowest BCUT2D eigenvalue weighted by molar-refractivity contribution is 0.968. The van der Waals surface area contributed by atoms with Crippen molar-refractivity contribution in [1.29, 1.82) is 5.26 Å². The molecule has 0 saturated heterocycles. The van der Waals surface area contributed by atoms with Crippen LogP contribution in [0.25, 0.3) is 100 Å². The third-order valence-electron chi connectivity index (χ3n) is 11.9. The molecule has 10 aromatic rings. The zero-order valence-corrected chi connectivity index (χ0v) is 32.7. The van der Waals surface area contributed by atoms with Crippen LogP contribution in [0.4, 0.5) is 0 Å². The summed E-state index contributed by atoms with van der Waals surface area (Å²) in [5.41, 5.74) is 13.4. The van der Waals surface area contributed by atoms with Gasteiger partial charge in [0.15, 0.2) is 17.5 Å². The Labute approximate surface area is 344 Å². The lowest BCUT2D eigenvalue weighted by Gasteiger charge is -2.14. The molecule has 0 unspecified atom stereocenters. The van der Waals surface area contributed by atoms with E-state index in [2.05, 4.69) is 118 Å². The summed E-state index contributed by atoms with van der Waals surface area (Å²) in [5, 5.41) is 14.7. The summed E-state index contributed by atoms with van der Waals surface area (Å²) >= 11 is 1.98. The van der Waals surface area contributed by atoms with Gasteiger partial charge in [0, 0.05) is 60.2 Å². The molecule has 12 rings (SSSR count). The number of aryl methyl sites for hydroxylation is 2. The maximum Gasteiger partial charge on any atom is 0.164 e. The van der Waals surface area contributed by atoms with Crippen LogP contribution in [0.3, 0.4) is 0 Å². The summed E-state index contributed by atoms with van der Waals surface area (Å²) in [5.74, 6) is 1.76. The molecule has 278 valence electrons. The van der Waals surface area contributed by atoms with E-state index in [4.69, 9.17) is 15.0 Å². The van der Waals surface area contributed by atoms with E-state index in [1.165, 1.54) is 70.2 Å². The summed E-state index contributed by atoms with van der Waals surface area (Å²) in [6.07, 6.45) is 13.5. The molecule has 59 heavy (non-hydrogen) atoms. The van der Waals surface area contributed by atoms with Gasteiger partial charge in [0.1, 0.15) is 0 Å². The number of para-hydroxylation sites is 2. The normalized spacial score (nSPS) is 13.3. The van der Waals surface area contributed by atoms with Gasteiger partial charge < -0.3 is 9.13 Å². The largest absolute Gasteiger partial charge is 0.309 e. The van der Waals surface area contributed by atoms with Crippen molar-refractivity contribution in [1.82, 2.24) is 24.1 Å². The molecular weight excluding hydrogens is 741 g/mol. The number of fused-ring (bicyclic) bond motifs is 12. The third kappa shape index (κ3) is 5.20. The zero-order chi connectivity index (χ0) is 39.0. The van der Waals surface area contributed by atoms with Crippen LogP contribution in [0.5, 0.6) is 0 Å². The van der Waals surface area contributed by atoms with Crippen molar-refractivity contribution < 1.29 is 0 Å². The molecular formula is C52H34N6S. The van der Waals surface area contributed by atoms with Crippen LogP contribution in [-0.2, 0) is 12.8 Å². The SMILES string of the molecule is N#Cc1ccc(-c2nc(-c3ccccc3)nc(-c3ccc(-n4c5c(c6c7c8ccccc8n(-c8ccccc8)c7c7sc8c(c7c64)C=CCC8)CCC=C5)cc3)n2)cc1. The molecule has 0 atom stereocenters. The van der Waals surface area contributed by atoms with Gasteiger partial charge in [-0.3, -0.25) is 0 Å². The van der Waals surface area contributed by atoms with Gasteiger partial charge >= 0.3 is 0 Å². The molecule has 0 N–H and O–H groups in total. The molecule has 0 bridgehead atoms. The van der Waals surface area contributed by atoms with Crippen LogP contribution in [0.1, 0.15) is 40.1 Å². The number of rotatable bonds is 5. The summed E-state index contributed by atoms with van der Waals surface area (Å²) in [7, 11) is 0. The third-order valence-corrected chi connectivity index (χ3v) is 13.2. The van der Waals surface area contributed by atoms with Gasteiger partial charge in [-0.2, -0.15) is 5.26 Å². The fraction of sp³-hybridized carbons (Fsp3) is 0.0769. The van der Waals surface area contributed by atoms with Crippen molar-refractivity contribution in [2.75, 3.05) is 0 Å². The number of hydrogen-bond donors (Lipinski definition) is 0. The Morgan fingerprint density at radius 1 is 0.542 bits per heavy atom. The van der Waals surface area contributed by atoms with Gasteiger partial charge in [0.05, 0.1) is 32.9 Å². The van der Waals surface area contributed by atoms with E-state index in [1.807, 2.05) is 53.8 Å². The second-order valence-corrected chi connectivity index (χ2v) is 16.4. The van der Waals surface area contributed by atoms with Crippen LogP contribution >= 0.6 is 11.3 Å². The van der Waals surface area contributed by atoms with E-state index >= 15 is 0 Å². The fourth-order valence-corrected chi connectivity index (χ4v) is 10.6. The molecule has 6 aromatic carbocycles. The van der Waals surface area contributed by atoms with Crippen LogP contribution < -0.4 is 0 Å². The molecule has 2 aliphatic carbocycles. The zero-order valence-electron chi connectivity index (χ0n) is 31.9. The number of aromatic nitrogens is 5. The Hall–Kier alpha value is -7.40. The van der Waals surface area contributed by atoms with E-state index < -0.39 is 0 Å². The minimum absolute atomic E-state index is 0.564. The molecule has 0 fully saturated rings. The standard InChI is InChI=1S/C52H34N6S/c53-31-32-23-25-34(26-24-32)51-54-50(33-13-3-1-4-14-33)55-52(56-51)35-27-29-37(30-28-35)57-41-20-10-7-17-38(41)44-45-39-18-8-11-21-42(39)58(36-15-5-2-6-16-36)48(45)49-46(47(44)57)40-19-9-12-22-43(40)59-49/h1-6,8-11,13-16,18-21,23-30H,7,12,17,22H2. The highest BCUT2D eigenvalue weighted by molar-refractivity contribution is 7.20. The smallest absolute Gasteiger partial charge is 0.164 e. The average molecular weight is 775 g/mol. The van der Waals surface area contributed by atoms with Crippen molar-refractivity contribution >= 4 is 66.3 Å². The van der Waals surface area contributed by atoms with Crippen molar-refractivity contribution in [2.45, 2.75) is 25.7 Å². The molecule has 0 spiro atoms. The predicted molar refractivity (Wildman–Crippen MR) is 242 cm³/mol. The van der Waals surface area contributed by atoms with Crippen molar-refractivity contribution in [3.8, 4) is 51.6 Å². The van der Waals surface area contributed by atoms with Crippen molar-refractivity contribution in [3.05, 3.63) is 173 Å². The summed E-state index contributed by atoms with van der Waals surface area (Å²) in [6, 6.07) is 48.2. The van der Waals surface area contributed by atoms with Crippen LogP contribution in [0, 0.1) is 11.3 Å². The first kappa shape index (κ1) is 33.7. The Balaban J connectivity index is 1.12. The number of hydrogen-bond acceptors (Lipinski definition) is 5. The summed E-state index contributed by atoms with van der Waals surface area (Å²) in [4.78, 5) is 16.4. The monoisotopic (exact) mass is 774 g/mol. The highest BCUT2D eigenvalue weighted by Gasteiger charge is 2.30. The second-order valence-electron chi connectivity index (χ2n) is 15.3. The lowest BCUT2D eigenvalue weighted by Crippen LogP contribution is -2.02. The summed E-state index contributed by atoms with van der Waals surface area (Å²) < 4.78 is 6.38. The van der Waals surface area contributed by atoms with Gasteiger partial charge in [0.2, 0.25) is 0 Å². The molecule has 7 heteroatoms. The summed E-state index contributed by atoms with van der Waals surface area (Å²) in [6.45, 7) is 0. The van der Waals surface area contributed by atoms with Gasteiger partial charge in [0.25, 0.3) is 0 Å². The first-order chi connectivity index (χ1) is 29.2. The van der Waals surface area contributed by atoms with Crippen LogP contribution in [0.15, 0.2) is 146 Å². The molecule has 6 nitrogen and oxygen atoms in total. The quantitative estimate of drug-likeness (QED) is 0.175. The van der Waals surface area contributed by atoms with E-state index in [0.29, 0.717) is 23.0 Å². The molecule has 2 aliphatic rings. The van der Waals surface area contributed by atoms with Gasteiger partial charge in [-0.25, -0.2) is 15.0 Å². The highest BCUT2D eigenvalue weighted by Crippen LogP contribution is 2.51. The van der Waals surface area contributed by atoms with Gasteiger partial charge in [-0.05, 0) is 110 Å². The van der Waals surface area contributed by atoms with Crippen molar-refractivity contribution in [3.63, 3.8) is 0 Å². The fourth-order valence-electron chi connectivity index (χ4n) is 9.29. The Morgan fingerprint density at radius 3 is 1.88 bits per heavy atom. The first-order valence-corrected chi connectivity index (χ1v) is 20.9. The second kappa shape index (κ2) is 13.3.